The van der Waals surface area contributed by atoms with E-state index in [2.05, 4.69) is 20.2 Å². The van der Waals surface area contributed by atoms with Crippen LogP contribution in [0.3, 0.4) is 0 Å². The van der Waals surface area contributed by atoms with Crippen LogP contribution in [0.15, 0.2) is 12.4 Å². The van der Waals surface area contributed by atoms with Crippen LogP contribution in [0.5, 0.6) is 0 Å². The van der Waals surface area contributed by atoms with Crippen molar-refractivity contribution in [3.63, 3.8) is 0 Å². The Bertz CT molecular complexity index is 392. The van der Waals surface area contributed by atoms with Crippen molar-refractivity contribution in [2.45, 2.75) is 25.1 Å². The first-order chi connectivity index (χ1) is 8.31. The highest BCUT2D eigenvalue weighted by Gasteiger charge is 2.34. The van der Waals surface area contributed by atoms with Gasteiger partial charge in [-0.1, -0.05) is 0 Å². The van der Waals surface area contributed by atoms with E-state index < -0.39 is 0 Å². The molecule has 0 aliphatic carbocycles. The van der Waals surface area contributed by atoms with E-state index in [-0.39, 0.29) is 24.7 Å². The molecule has 2 saturated heterocycles. The van der Waals surface area contributed by atoms with Crippen LogP contribution in [-0.2, 0) is 16.1 Å². The summed E-state index contributed by atoms with van der Waals surface area (Å²) >= 11 is 0. The average molecular weight is 236 g/mol. The van der Waals surface area contributed by atoms with E-state index in [4.69, 9.17) is 4.74 Å². The molecule has 0 unspecified atom stereocenters. The summed E-state index contributed by atoms with van der Waals surface area (Å²) in [5.41, 5.74) is 0. The number of carbonyl (C=O) groups excluding carboxylic acids is 1. The number of amides is 1. The van der Waals surface area contributed by atoms with Gasteiger partial charge in [0.25, 0.3) is 0 Å². The molecule has 2 fully saturated rings. The number of aromatic amines is 1. The Morgan fingerprint density at radius 1 is 1.59 bits per heavy atom. The molecule has 1 aromatic rings. The third-order valence-electron chi connectivity index (χ3n) is 3.34. The average Bonchev–Trinajstić information content (AvgIpc) is 2.81. The lowest BCUT2D eigenvalue weighted by molar-refractivity contribution is -0.140. The second-order valence-electron chi connectivity index (χ2n) is 4.58. The van der Waals surface area contributed by atoms with Gasteiger partial charge in [0, 0.05) is 25.5 Å². The highest BCUT2D eigenvalue weighted by molar-refractivity contribution is 5.78. The SMILES string of the molecule is O=C1CO[C@H]2CCN(Cc3ncc[nH]3)C[C@@H]2N1. The smallest absolute Gasteiger partial charge is 0.246 e. The van der Waals surface area contributed by atoms with E-state index in [0.29, 0.717) is 0 Å². The monoisotopic (exact) mass is 236 g/mol. The highest BCUT2D eigenvalue weighted by Crippen LogP contribution is 2.18. The summed E-state index contributed by atoms with van der Waals surface area (Å²) in [5.74, 6) is 0.956. The van der Waals surface area contributed by atoms with Crippen LogP contribution >= 0.6 is 0 Å². The third kappa shape index (κ3) is 2.32. The number of likely N-dealkylation sites (tertiary alicyclic amines) is 1. The minimum atomic E-state index is -0.00824. The zero-order valence-electron chi connectivity index (χ0n) is 9.56. The van der Waals surface area contributed by atoms with Gasteiger partial charge in [-0.25, -0.2) is 4.98 Å². The first kappa shape index (κ1) is 10.7. The number of piperidine rings is 1. The number of carbonyl (C=O) groups is 1. The van der Waals surface area contributed by atoms with E-state index in [0.717, 1.165) is 31.9 Å². The van der Waals surface area contributed by atoms with Crippen LogP contribution < -0.4 is 5.32 Å². The quantitative estimate of drug-likeness (QED) is 0.726. The Morgan fingerprint density at radius 2 is 2.53 bits per heavy atom. The number of imidazole rings is 1. The van der Waals surface area contributed by atoms with Gasteiger partial charge < -0.3 is 15.0 Å². The first-order valence-electron chi connectivity index (χ1n) is 5.93. The summed E-state index contributed by atoms with van der Waals surface area (Å²) in [7, 11) is 0. The maximum absolute atomic E-state index is 11.3. The fourth-order valence-electron chi connectivity index (χ4n) is 2.51. The molecule has 2 atom stereocenters. The van der Waals surface area contributed by atoms with Crippen LogP contribution in [-0.4, -0.2) is 52.6 Å². The van der Waals surface area contributed by atoms with Gasteiger partial charge in [0.2, 0.25) is 5.91 Å². The topological polar surface area (TPSA) is 70.2 Å². The molecule has 2 N–H and O–H groups in total. The Kier molecular flexibility index (Phi) is 2.82. The Morgan fingerprint density at radius 3 is 3.35 bits per heavy atom. The van der Waals surface area contributed by atoms with Crippen molar-refractivity contribution in [1.29, 1.82) is 0 Å². The molecule has 92 valence electrons. The second kappa shape index (κ2) is 4.46. The Labute approximate surface area is 99.4 Å². The summed E-state index contributed by atoms with van der Waals surface area (Å²) in [6.45, 7) is 2.82. The number of ether oxygens (including phenoxy) is 1. The van der Waals surface area contributed by atoms with Crippen molar-refractivity contribution in [2.75, 3.05) is 19.7 Å². The summed E-state index contributed by atoms with van der Waals surface area (Å²) in [5, 5.41) is 2.99. The normalized spacial score (nSPS) is 29.8. The minimum Gasteiger partial charge on any atom is -0.366 e. The van der Waals surface area contributed by atoms with Crippen molar-refractivity contribution in [1.82, 2.24) is 20.2 Å². The van der Waals surface area contributed by atoms with Gasteiger partial charge in [-0.05, 0) is 6.42 Å². The van der Waals surface area contributed by atoms with Gasteiger partial charge in [0.15, 0.2) is 0 Å². The first-order valence-corrected chi connectivity index (χ1v) is 5.93. The number of morpholine rings is 1. The number of nitrogens with zero attached hydrogens (tertiary/aromatic N) is 2. The molecular formula is C11H16N4O2. The molecular weight excluding hydrogens is 220 g/mol. The number of H-pyrrole nitrogens is 1. The number of fused-ring (bicyclic) bond motifs is 1. The van der Waals surface area contributed by atoms with Crippen molar-refractivity contribution in [3.8, 4) is 0 Å². The van der Waals surface area contributed by atoms with Crippen molar-refractivity contribution < 1.29 is 9.53 Å². The predicted octanol–water partition coefficient (Wildman–Crippen LogP) is -0.501. The van der Waals surface area contributed by atoms with Crippen LogP contribution in [0.4, 0.5) is 0 Å². The fourth-order valence-corrected chi connectivity index (χ4v) is 2.51. The molecule has 0 aromatic carbocycles. The predicted molar refractivity (Wildman–Crippen MR) is 60.2 cm³/mol. The highest BCUT2D eigenvalue weighted by atomic mass is 16.5. The summed E-state index contributed by atoms with van der Waals surface area (Å²) in [6.07, 6.45) is 4.73. The molecule has 17 heavy (non-hydrogen) atoms. The van der Waals surface area contributed by atoms with Gasteiger partial charge in [0.1, 0.15) is 12.4 Å². The van der Waals surface area contributed by atoms with Gasteiger partial charge >= 0.3 is 0 Å². The maximum Gasteiger partial charge on any atom is 0.246 e. The van der Waals surface area contributed by atoms with Gasteiger partial charge in [0.05, 0.1) is 18.7 Å². The maximum atomic E-state index is 11.3. The lowest BCUT2D eigenvalue weighted by Crippen LogP contribution is -2.60. The molecule has 3 rings (SSSR count). The molecule has 6 nitrogen and oxygen atoms in total. The van der Waals surface area contributed by atoms with Gasteiger partial charge in [-0.3, -0.25) is 9.69 Å². The lowest BCUT2D eigenvalue weighted by atomic mass is 10.0. The second-order valence-corrected chi connectivity index (χ2v) is 4.58. The molecule has 2 aliphatic rings. The fraction of sp³-hybridized carbons (Fsp3) is 0.636. The number of nitrogens with one attached hydrogen (secondary N) is 2. The number of rotatable bonds is 2. The zero-order chi connectivity index (χ0) is 11.7. The van der Waals surface area contributed by atoms with Crippen molar-refractivity contribution >= 4 is 5.91 Å². The molecule has 0 saturated carbocycles. The Hall–Kier alpha value is -1.40. The summed E-state index contributed by atoms with van der Waals surface area (Å²) in [4.78, 5) is 20.9. The minimum absolute atomic E-state index is 0.00824. The molecule has 1 aromatic heterocycles. The van der Waals surface area contributed by atoms with Crippen LogP contribution in [0, 0.1) is 0 Å². The molecule has 6 heteroatoms. The molecule has 0 spiro atoms. The number of aromatic nitrogens is 2. The largest absolute Gasteiger partial charge is 0.366 e. The summed E-state index contributed by atoms with van der Waals surface area (Å²) in [6, 6.07) is 0.125. The van der Waals surface area contributed by atoms with Crippen LogP contribution in [0.2, 0.25) is 0 Å². The third-order valence-corrected chi connectivity index (χ3v) is 3.34. The number of hydrogen-bond donors (Lipinski definition) is 2. The van der Waals surface area contributed by atoms with Gasteiger partial charge in [-0.2, -0.15) is 0 Å². The van der Waals surface area contributed by atoms with E-state index >= 15 is 0 Å². The summed E-state index contributed by atoms with van der Waals surface area (Å²) < 4.78 is 5.52. The molecule has 0 radical (unpaired) electrons. The van der Waals surface area contributed by atoms with Gasteiger partial charge in [-0.15, -0.1) is 0 Å². The molecule has 1 amide bonds. The van der Waals surface area contributed by atoms with E-state index in [1.165, 1.54) is 0 Å². The van der Waals surface area contributed by atoms with Crippen LogP contribution in [0.25, 0.3) is 0 Å². The van der Waals surface area contributed by atoms with Crippen molar-refractivity contribution in [2.24, 2.45) is 0 Å². The van der Waals surface area contributed by atoms with Crippen LogP contribution in [0.1, 0.15) is 12.2 Å². The molecule has 0 bridgehead atoms. The standard InChI is InChI=1S/C11H16N4O2/c16-11-7-17-9-1-4-15(5-8(9)14-11)6-10-12-2-3-13-10/h2-3,8-9H,1,4-7H2,(H,12,13)(H,14,16)/t8-,9-/m0/s1. The Balaban J connectivity index is 1.60. The number of hydrogen-bond acceptors (Lipinski definition) is 4. The van der Waals surface area contributed by atoms with E-state index in [9.17, 15) is 4.79 Å². The molecule has 3 heterocycles. The lowest BCUT2D eigenvalue weighted by Gasteiger charge is -2.40. The molecule has 2 aliphatic heterocycles. The zero-order valence-corrected chi connectivity index (χ0v) is 9.56. The van der Waals surface area contributed by atoms with Crippen molar-refractivity contribution in [3.05, 3.63) is 18.2 Å². The van der Waals surface area contributed by atoms with E-state index in [1.807, 2.05) is 6.20 Å². The van der Waals surface area contributed by atoms with E-state index in [1.54, 1.807) is 6.20 Å².